The zero-order valence-electron chi connectivity index (χ0n) is 11.1. The van der Waals surface area contributed by atoms with E-state index in [9.17, 15) is 13.2 Å². The largest absolute Gasteiger partial charge is 0.389 e. The van der Waals surface area contributed by atoms with Crippen LogP contribution in [0.2, 0.25) is 0 Å². The van der Waals surface area contributed by atoms with E-state index >= 15 is 0 Å². The first kappa shape index (κ1) is 16.8. The third-order valence-electron chi connectivity index (χ3n) is 2.87. The summed E-state index contributed by atoms with van der Waals surface area (Å²) in [6.45, 7) is 4.98. The first-order chi connectivity index (χ1) is 7.99. The van der Waals surface area contributed by atoms with Crippen LogP contribution in [0.5, 0.6) is 0 Å². The predicted molar refractivity (Wildman–Crippen MR) is 66.1 cm³/mol. The van der Waals surface area contributed by atoms with Gasteiger partial charge in [0.25, 0.3) is 0 Å². The van der Waals surface area contributed by atoms with Crippen LogP contribution in [-0.2, 0) is 0 Å². The van der Waals surface area contributed by atoms with Crippen molar-refractivity contribution in [2.45, 2.75) is 77.4 Å². The van der Waals surface area contributed by atoms with Crippen LogP contribution < -0.4 is 5.32 Å². The molecule has 1 N–H and O–H groups in total. The highest BCUT2D eigenvalue weighted by molar-refractivity contribution is 4.69. The van der Waals surface area contributed by atoms with Crippen LogP contribution in [0.1, 0.15) is 65.2 Å². The lowest BCUT2D eigenvalue weighted by molar-refractivity contribution is -0.136. The van der Waals surface area contributed by atoms with E-state index in [-0.39, 0.29) is 12.5 Å². The molecule has 0 saturated heterocycles. The van der Waals surface area contributed by atoms with Gasteiger partial charge < -0.3 is 5.32 Å². The first-order valence-corrected chi connectivity index (χ1v) is 6.79. The monoisotopic (exact) mass is 253 g/mol. The van der Waals surface area contributed by atoms with Crippen molar-refractivity contribution in [3.8, 4) is 0 Å². The van der Waals surface area contributed by atoms with Gasteiger partial charge in [0.2, 0.25) is 0 Å². The quantitative estimate of drug-likeness (QED) is 0.558. The molecule has 0 aliphatic carbocycles. The Balaban J connectivity index is 3.79. The Bertz CT molecular complexity index is 169. The number of hydrogen-bond acceptors (Lipinski definition) is 1. The Labute approximate surface area is 103 Å². The average molecular weight is 253 g/mol. The van der Waals surface area contributed by atoms with Gasteiger partial charge in [0.1, 0.15) is 0 Å². The summed E-state index contributed by atoms with van der Waals surface area (Å²) in [4.78, 5) is 0. The van der Waals surface area contributed by atoms with Crippen molar-refractivity contribution in [3.63, 3.8) is 0 Å². The van der Waals surface area contributed by atoms with E-state index in [4.69, 9.17) is 0 Å². The summed E-state index contributed by atoms with van der Waals surface area (Å²) in [7, 11) is 0. The van der Waals surface area contributed by atoms with Crippen LogP contribution in [-0.4, -0.2) is 18.8 Å². The Hall–Kier alpha value is -0.250. The van der Waals surface area contributed by atoms with Crippen LogP contribution in [0.3, 0.4) is 0 Å². The molecule has 0 fully saturated rings. The minimum Gasteiger partial charge on any atom is -0.314 e. The lowest BCUT2D eigenvalue weighted by Crippen LogP contribution is -2.31. The highest BCUT2D eigenvalue weighted by Crippen LogP contribution is 2.23. The highest BCUT2D eigenvalue weighted by Gasteiger charge is 2.27. The molecule has 0 amide bonds. The molecular weight excluding hydrogens is 227 g/mol. The van der Waals surface area contributed by atoms with E-state index in [2.05, 4.69) is 12.2 Å². The maximum absolute atomic E-state index is 12.2. The van der Waals surface area contributed by atoms with Crippen LogP contribution in [0.4, 0.5) is 13.2 Å². The summed E-state index contributed by atoms with van der Waals surface area (Å²) in [6.07, 6.45) is 1.89. The Kier molecular flexibility index (Phi) is 9.60. The maximum Gasteiger partial charge on any atom is 0.389 e. The number of hydrogen-bond donors (Lipinski definition) is 1. The normalized spacial score (nSPS) is 13.9. The average Bonchev–Trinajstić information content (AvgIpc) is 2.25. The van der Waals surface area contributed by atoms with E-state index < -0.39 is 12.6 Å². The van der Waals surface area contributed by atoms with Gasteiger partial charge in [-0.1, -0.05) is 39.5 Å². The standard InChI is InChI=1S/C13H26F3N/c1-3-5-6-7-8-12(17-11-4-2)9-10-13(14,15)16/h12,17H,3-11H2,1-2H3. The molecule has 0 aromatic heterocycles. The summed E-state index contributed by atoms with van der Waals surface area (Å²) < 4.78 is 36.5. The molecule has 0 rings (SSSR count). The van der Waals surface area contributed by atoms with Crippen molar-refractivity contribution in [1.82, 2.24) is 5.32 Å². The third-order valence-corrected chi connectivity index (χ3v) is 2.87. The zero-order valence-corrected chi connectivity index (χ0v) is 11.1. The van der Waals surface area contributed by atoms with Crippen molar-refractivity contribution >= 4 is 0 Å². The van der Waals surface area contributed by atoms with E-state index in [0.717, 1.165) is 38.6 Å². The van der Waals surface area contributed by atoms with Crippen LogP contribution in [0, 0.1) is 0 Å². The van der Waals surface area contributed by atoms with Crippen molar-refractivity contribution in [2.75, 3.05) is 6.54 Å². The predicted octanol–water partition coefficient (Wildman–Crippen LogP) is 4.67. The highest BCUT2D eigenvalue weighted by atomic mass is 19.4. The molecule has 0 aliphatic rings. The van der Waals surface area contributed by atoms with Crippen molar-refractivity contribution < 1.29 is 13.2 Å². The second-order valence-electron chi connectivity index (χ2n) is 4.65. The lowest BCUT2D eigenvalue weighted by Gasteiger charge is -2.19. The SMILES string of the molecule is CCCCCCC(CCC(F)(F)F)NCCC. The molecule has 4 heteroatoms. The summed E-state index contributed by atoms with van der Waals surface area (Å²) in [5, 5.41) is 3.22. The minimum atomic E-state index is -4.02. The molecule has 0 spiro atoms. The molecule has 0 aliphatic heterocycles. The van der Waals surface area contributed by atoms with E-state index in [1.165, 1.54) is 6.42 Å². The second-order valence-corrected chi connectivity index (χ2v) is 4.65. The topological polar surface area (TPSA) is 12.0 Å². The van der Waals surface area contributed by atoms with Crippen molar-refractivity contribution in [2.24, 2.45) is 0 Å². The van der Waals surface area contributed by atoms with Gasteiger partial charge in [-0.15, -0.1) is 0 Å². The van der Waals surface area contributed by atoms with Gasteiger partial charge >= 0.3 is 6.18 Å². The number of halogens is 3. The van der Waals surface area contributed by atoms with Crippen molar-refractivity contribution in [3.05, 3.63) is 0 Å². The van der Waals surface area contributed by atoms with Gasteiger partial charge in [-0.25, -0.2) is 0 Å². The van der Waals surface area contributed by atoms with Gasteiger partial charge in [-0.3, -0.25) is 0 Å². The molecule has 0 radical (unpaired) electrons. The smallest absolute Gasteiger partial charge is 0.314 e. The number of unbranched alkanes of at least 4 members (excludes halogenated alkanes) is 3. The molecule has 0 heterocycles. The molecule has 1 unspecified atom stereocenters. The van der Waals surface area contributed by atoms with E-state index in [1.54, 1.807) is 0 Å². The van der Waals surface area contributed by atoms with Gasteiger partial charge in [-0.2, -0.15) is 13.2 Å². The molecular formula is C13H26F3N. The van der Waals surface area contributed by atoms with Crippen molar-refractivity contribution in [1.29, 1.82) is 0 Å². The fraction of sp³-hybridized carbons (Fsp3) is 1.00. The van der Waals surface area contributed by atoms with Gasteiger partial charge in [0, 0.05) is 12.5 Å². The summed E-state index contributed by atoms with van der Waals surface area (Å²) >= 11 is 0. The van der Waals surface area contributed by atoms with E-state index in [0.29, 0.717) is 0 Å². The molecule has 1 nitrogen and oxygen atoms in total. The Morgan fingerprint density at radius 3 is 2.18 bits per heavy atom. The molecule has 1 atom stereocenters. The molecule has 0 saturated carbocycles. The first-order valence-electron chi connectivity index (χ1n) is 6.79. The fourth-order valence-electron chi connectivity index (χ4n) is 1.85. The summed E-state index contributed by atoms with van der Waals surface area (Å²) in [6, 6.07) is 0.0356. The van der Waals surface area contributed by atoms with E-state index in [1.807, 2.05) is 6.92 Å². The molecule has 0 aromatic carbocycles. The zero-order chi connectivity index (χ0) is 13.1. The Morgan fingerprint density at radius 2 is 1.65 bits per heavy atom. The van der Waals surface area contributed by atoms with Crippen LogP contribution >= 0.6 is 0 Å². The lowest BCUT2D eigenvalue weighted by atomic mass is 10.0. The summed E-state index contributed by atoms with van der Waals surface area (Å²) in [5.74, 6) is 0. The fourth-order valence-corrected chi connectivity index (χ4v) is 1.85. The molecule has 104 valence electrons. The Morgan fingerprint density at radius 1 is 0.941 bits per heavy atom. The maximum atomic E-state index is 12.2. The number of alkyl halides is 3. The number of nitrogens with one attached hydrogen (secondary N) is 1. The second kappa shape index (κ2) is 9.75. The van der Waals surface area contributed by atoms with Gasteiger partial charge in [0.05, 0.1) is 0 Å². The minimum absolute atomic E-state index is 0.0356. The van der Waals surface area contributed by atoms with Crippen LogP contribution in [0.15, 0.2) is 0 Å². The summed E-state index contributed by atoms with van der Waals surface area (Å²) in [5.41, 5.74) is 0. The van der Waals surface area contributed by atoms with Gasteiger partial charge in [0.15, 0.2) is 0 Å². The molecule has 0 bridgehead atoms. The molecule has 17 heavy (non-hydrogen) atoms. The third kappa shape index (κ3) is 12.0. The van der Waals surface area contributed by atoms with Crippen LogP contribution in [0.25, 0.3) is 0 Å². The molecule has 0 aromatic rings. The van der Waals surface area contributed by atoms with Gasteiger partial charge in [-0.05, 0) is 25.8 Å². The number of rotatable bonds is 10.